The summed E-state index contributed by atoms with van der Waals surface area (Å²) in [5.74, 6) is 0.510. The zero-order valence-corrected chi connectivity index (χ0v) is 17.0. The molecule has 1 fully saturated rings. The number of carbonyl (C=O) groups excluding carboxylic acids is 1. The van der Waals surface area contributed by atoms with Crippen LogP contribution in [0, 0.1) is 5.53 Å². The average molecular weight is 432 g/mol. The number of aromatic nitrogens is 3. The van der Waals surface area contributed by atoms with Gasteiger partial charge in [-0.3, -0.25) is 9.20 Å². The molecule has 0 unspecified atom stereocenters. The fourth-order valence-electron chi connectivity index (χ4n) is 3.61. The van der Waals surface area contributed by atoms with Crippen molar-refractivity contribution in [2.24, 2.45) is 5.22 Å². The van der Waals surface area contributed by atoms with Crippen LogP contribution in [-0.2, 0) is 4.74 Å². The lowest BCUT2D eigenvalue weighted by atomic mass is 10.2. The lowest BCUT2D eigenvalue weighted by Gasteiger charge is -2.28. The number of hydrogen-bond donors (Lipinski definition) is 3. The molecule has 1 amide bonds. The van der Waals surface area contributed by atoms with E-state index in [1.54, 1.807) is 24.7 Å². The smallest absolute Gasteiger partial charge is 0.276 e. The number of furan rings is 1. The highest BCUT2D eigenvalue weighted by Crippen LogP contribution is 2.27. The number of morpholine rings is 1. The summed E-state index contributed by atoms with van der Waals surface area (Å²) in [6.07, 6.45) is 6.42. The summed E-state index contributed by atoms with van der Waals surface area (Å²) in [6.45, 7) is 3.27. The maximum atomic E-state index is 11.8. The van der Waals surface area contributed by atoms with Gasteiger partial charge in [0.15, 0.2) is 17.2 Å². The molecule has 0 radical (unpaired) electrons. The molecule has 1 aromatic carbocycles. The van der Waals surface area contributed by atoms with E-state index >= 15 is 0 Å². The van der Waals surface area contributed by atoms with Crippen LogP contribution in [0.4, 0.5) is 17.2 Å². The molecule has 0 bridgehead atoms. The molecule has 1 aliphatic heterocycles. The summed E-state index contributed by atoms with van der Waals surface area (Å²) in [4.78, 5) is 23.1. The maximum absolute atomic E-state index is 11.8. The van der Waals surface area contributed by atoms with Gasteiger partial charge in [0.2, 0.25) is 0 Å². The predicted octanol–water partition coefficient (Wildman–Crippen LogP) is 3.25. The highest BCUT2D eigenvalue weighted by atomic mass is 16.5. The molecule has 3 aromatic heterocycles. The Labute approximate surface area is 182 Å². The van der Waals surface area contributed by atoms with E-state index in [2.05, 4.69) is 43.0 Å². The highest BCUT2D eigenvalue weighted by molar-refractivity contribution is 5.94. The maximum Gasteiger partial charge on any atom is 0.276 e. The Bertz CT molecular complexity index is 1260. The first-order valence-electron chi connectivity index (χ1n) is 10.0. The zero-order chi connectivity index (χ0) is 21.9. The molecular weight excluding hydrogens is 412 g/mol. The number of hydrogen-bond acceptors (Lipinski definition) is 9. The van der Waals surface area contributed by atoms with Crippen molar-refractivity contribution in [2.75, 3.05) is 36.5 Å². The van der Waals surface area contributed by atoms with E-state index < -0.39 is 5.91 Å². The van der Waals surface area contributed by atoms with Gasteiger partial charge in [-0.25, -0.2) is 15.4 Å². The summed E-state index contributed by atoms with van der Waals surface area (Å²) in [5.41, 5.74) is 12.4. The molecular formula is C21H20N8O3. The molecule has 4 heterocycles. The topological polar surface area (TPSA) is 133 Å². The highest BCUT2D eigenvalue weighted by Gasteiger charge is 2.16. The second kappa shape index (κ2) is 8.47. The van der Waals surface area contributed by atoms with Crippen molar-refractivity contribution < 1.29 is 13.9 Å². The van der Waals surface area contributed by atoms with Crippen LogP contribution < -0.4 is 15.6 Å². The molecule has 11 heteroatoms. The van der Waals surface area contributed by atoms with Crippen molar-refractivity contribution in [1.29, 1.82) is 5.53 Å². The van der Waals surface area contributed by atoms with Crippen LogP contribution in [0.2, 0.25) is 0 Å². The van der Waals surface area contributed by atoms with E-state index in [4.69, 9.17) is 14.7 Å². The summed E-state index contributed by atoms with van der Waals surface area (Å²) < 4.78 is 12.8. The van der Waals surface area contributed by atoms with Crippen molar-refractivity contribution in [3.05, 3.63) is 60.7 Å². The minimum absolute atomic E-state index is 0.256. The number of ether oxygens (including phenoxy) is 1. The Kier molecular flexibility index (Phi) is 5.22. The number of amides is 1. The fourth-order valence-corrected chi connectivity index (χ4v) is 3.61. The number of fused-ring (bicyclic) bond motifs is 1. The first-order chi connectivity index (χ1) is 15.7. The summed E-state index contributed by atoms with van der Waals surface area (Å²) in [5, 5.41) is 6.20. The van der Waals surface area contributed by atoms with E-state index in [9.17, 15) is 4.79 Å². The van der Waals surface area contributed by atoms with E-state index in [0.717, 1.165) is 37.7 Å². The Balaban J connectivity index is 1.39. The zero-order valence-electron chi connectivity index (χ0n) is 17.0. The number of rotatable bonds is 6. The van der Waals surface area contributed by atoms with Gasteiger partial charge in [-0.2, -0.15) is 5.53 Å². The predicted molar refractivity (Wildman–Crippen MR) is 116 cm³/mol. The van der Waals surface area contributed by atoms with Crippen LogP contribution in [0.25, 0.3) is 17.1 Å². The molecule has 4 aromatic rings. The third-order valence-electron chi connectivity index (χ3n) is 5.21. The first kappa shape index (κ1) is 19.7. The Morgan fingerprint density at radius 3 is 2.75 bits per heavy atom. The van der Waals surface area contributed by atoms with Crippen molar-refractivity contribution in [3.8, 4) is 11.5 Å². The third kappa shape index (κ3) is 3.76. The van der Waals surface area contributed by atoms with Crippen molar-refractivity contribution in [2.45, 2.75) is 0 Å². The number of carbonyl (C=O) groups is 1. The molecule has 1 aliphatic rings. The first-order valence-corrected chi connectivity index (χ1v) is 10.0. The van der Waals surface area contributed by atoms with Crippen molar-refractivity contribution in [1.82, 2.24) is 19.8 Å². The van der Waals surface area contributed by atoms with Gasteiger partial charge in [0.05, 0.1) is 25.0 Å². The number of imidazole rings is 1. The van der Waals surface area contributed by atoms with Crippen molar-refractivity contribution in [3.63, 3.8) is 0 Å². The molecule has 0 spiro atoms. The largest absolute Gasteiger partial charge is 0.462 e. The lowest BCUT2D eigenvalue weighted by molar-refractivity contribution is 0.0950. The Morgan fingerprint density at radius 1 is 1.16 bits per heavy atom. The second-order valence-corrected chi connectivity index (χ2v) is 7.14. The summed E-state index contributed by atoms with van der Waals surface area (Å²) >= 11 is 0. The monoisotopic (exact) mass is 432 g/mol. The standard InChI is InChI=1S/C21H20N8O3/c22-27-26-21(30)14-11-18(32-13-14)17-12-24-19(20-23-5-6-29(17)20)25-15-1-3-16(4-2-15)28-7-9-31-10-8-28/h1-6,11-13H,7-10H2,(H,24,25)(H2,22,26,30). The SMILES string of the molecule is N=NNC(=O)c1coc(-c2cnc(Nc3ccc(N4CCOCC4)cc3)c3nccn23)c1. The van der Waals surface area contributed by atoms with E-state index in [1.807, 2.05) is 16.5 Å². The van der Waals surface area contributed by atoms with Gasteiger partial charge < -0.3 is 19.4 Å². The molecule has 32 heavy (non-hydrogen) atoms. The average Bonchev–Trinajstić information content (AvgIpc) is 3.51. The molecule has 1 saturated heterocycles. The molecule has 0 aliphatic carbocycles. The molecule has 0 atom stereocenters. The minimum atomic E-state index is -0.524. The van der Waals surface area contributed by atoms with Crippen molar-refractivity contribution >= 4 is 28.7 Å². The van der Waals surface area contributed by atoms with Gasteiger partial charge in [0, 0.05) is 36.9 Å². The number of nitrogens with one attached hydrogen (secondary N) is 3. The lowest BCUT2D eigenvalue weighted by Crippen LogP contribution is -2.36. The van der Waals surface area contributed by atoms with Crippen LogP contribution in [0.15, 0.2) is 64.8 Å². The number of anilines is 3. The van der Waals surface area contributed by atoms with Crippen LogP contribution in [-0.4, -0.2) is 46.6 Å². The van der Waals surface area contributed by atoms with Crippen LogP contribution >= 0.6 is 0 Å². The number of benzene rings is 1. The normalized spacial score (nSPS) is 13.8. The summed E-state index contributed by atoms with van der Waals surface area (Å²) in [6, 6.07) is 9.73. The second-order valence-electron chi connectivity index (χ2n) is 7.14. The Morgan fingerprint density at radius 2 is 1.97 bits per heavy atom. The van der Waals surface area contributed by atoms with Gasteiger partial charge in [-0.15, -0.1) is 0 Å². The van der Waals surface area contributed by atoms with E-state index in [1.165, 1.54) is 6.26 Å². The molecule has 0 saturated carbocycles. The Hall–Kier alpha value is -4.25. The van der Waals surface area contributed by atoms with Crippen LogP contribution in [0.1, 0.15) is 10.4 Å². The van der Waals surface area contributed by atoms with Gasteiger partial charge in [0.1, 0.15) is 12.0 Å². The molecule has 11 nitrogen and oxygen atoms in total. The van der Waals surface area contributed by atoms with E-state index in [0.29, 0.717) is 22.9 Å². The third-order valence-corrected chi connectivity index (χ3v) is 5.21. The fraction of sp³-hybridized carbons (Fsp3) is 0.190. The van der Waals surface area contributed by atoms with Crippen LogP contribution in [0.5, 0.6) is 0 Å². The van der Waals surface area contributed by atoms with Gasteiger partial charge in [0.25, 0.3) is 5.91 Å². The van der Waals surface area contributed by atoms with Crippen LogP contribution in [0.3, 0.4) is 0 Å². The minimum Gasteiger partial charge on any atom is -0.462 e. The number of nitrogens with zero attached hydrogens (tertiary/aromatic N) is 5. The molecule has 162 valence electrons. The van der Waals surface area contributed by atoms with Gasteiger partial charge in [-0.05, 0) is 30.3 Å². The van der Waals surface area contributed by atoms with Gasteiger partial charge in [-0.1, -0.05) is 5.22 Å². The molecule has 3 N–H and O–H groups in total. The molecule has 5 rings (SSSR count). The summed E-state index contributed by atoms with van der Waals surface area (Å²) in [7, 11) is 0. The van der Waals surface area contributed by atoms with E-state index in [-0.39, 0.29) is 5.56 Å². The quantitative estimate of drug-likeness (QED) is 0.315. The van der Waals surface area contributed by atoms with Gasteiger partial charge >= 0.3 is 0 Å².